The van der Waals surface area contributed by atoms with E-state index in [2.05, 4.69) is 22.6 Å². The van der Waals surface area contributed by atoms with Crippen molar-refractivity contribution in [3.05, 3.63) is 0 Å². The molecule has 2 nitrogen and oxygen atoms in total. The molecule has 0 saturated carbocycles. The molecule has 0 aromatic rings. The lowest BCUT2D eigenvalue weighted by molar-refractivity contribution is -0.118. The van der Waals surface area contributed by atoms with Crippen molar-refractivity contribution in [2.24, 2.45) is 5.73 Å². The van der Waals surface area contributed by atoms with Crippen molar-refractivity contribution in [2.45, 2.75) is 30.1 Å². The van der Waals surface area contributed by atoms with Crippen LogP contribution in [0.5, 0.6) is 0 Å². The highest BCUT2D eigenvalue weighted by Crippen LogP contribution is 2.06. The van der Waals surface area contributed by atoms with Gasteiger partial charge < -0.3 is 5.73 Å². The largest absolute Gasteiger partial charge is 0.330 e. The Morgan fingerprint density at radius 3 is 2.70 bits per heavy atom. The number of hydrogen-bond donors (Lipinski definition) is 1. The van der Waals surface area contributed by atoms with Crippen LogP contribution in [0.3, 0.4) is 0 Å². The molecule has 3 heteroatoms. The van der Waals surface area contributed by atoms with E-state index < -0.39 is 0 Å². The van der Waals surface area contributed by atoms with Crippen LogP contribution < -0.4 is 5.73 Å². The Balaban J connectivity index is 3.26. The molecule has 60 valence electrons. The summed E-state index contributed by atoms with van der Waals surface area (Å²) in [5.74, 6) is 0.340. The van der Waals surface area contributed by atoms with E-state index in [0.29, 0.717) is 29.1 Å². The number of carbonyl (C=O) groups is 1. The second-order valence-electron chi connectivity index (χ2n) is 2.42. The van der Waals surface area contributed by atoms with Gasteiger partial charge in [-0.1, -0.05) is 29.5 Å². The van der Waals surface area contributed by atoms with Crippen LogP contribution in [0.1, 0.15) is 26.2 Å². The fourth-order valence-electron chi connectivity index (χ4n) is 0.715. The number of alkyl halides is 1. The molecule has 0 heterocycles. The van der Waals surface area contributed by atoms with Crippen LogP contribution in [0.25, 0.3) is 0 Å². The lowest BCUT2D eigenvalue weighted by Gasteiger charge is -2.00. The summed E-state index contributed by atoms with van der Waals surface area (Å²) >= 11 is 2.26. The van der Waals surface area contributed by atoms with E-state index in [1.807, 2.05) is 6.92 Å². The molecule has 0 aliphatic carbocycles. The Hall–Kier alpha value is 0.360. The van der Waals surface area contributed by atoms with Crippen molar-refractivity contribution in [1.82, 2.24) is 0 Å². The fraction of sp³-hybridized carbons (Fsp3) is 0.857. The smallest absolute Gasteiger partial charge is 0.133 e. The van der Waals surface area contributed by atoms with Crippen LogP contribution in [0, 0.1) is 0 Å². The molecular weight excluding hydrogens is 241 g/mol. The zero-order valence-corrected chi connectivity index (χ0v) is 8.43. The van der Waals surface area contributed by atoms with Gasteiger partial charge in [-0.25, -0.2) is 0 Å². The lowest BCUT2D eigenvalue weighted by atomic mass is 10.1. The Morgan fingerprint density at radius 2 is 2.30 bits per heavy atom. The summed E-state index contributed by atoms with van der Waals surface area (Å²) in [6.45, 7) is 2.67. The maximum absolute atomic E-state index is 11.0. The minimum absolute atomic E-state index is 0.340. The van der Waals surface area contributed by atoms with Crippen LogP contribution in [0.15, 0.2) is 0 Å². The summed E-state index contributed by atoms with van der Waals surface area (Å²) in [6.07, 6.45) is 2.19. The Morgan fingerprint density at radius 1 is 1.70 bits per heavy atom. The van der Waals surface area contributed by atoms with E-state index in [9.17, 15) is 4.79 Å². The first-order chi connectivity index (χ1) is 4.66. The van der Waals surface area contributed by atoms with Crippen molar-refractivity contribution in [2.75, 3.05) is 6.54 Å². The van der Waals surface area contributed by atoms with E-state index in [0.717, 1.165) is 6.42 Å². The van der Waals surface area contributed by atoms with E-state index in [-0.39, 0.29) is 0 Å². The molecule has 0 rings (SSSR count). The molecule has 0 fully saturated rings. The SMILES string of the molecule is C[C@@H](I)CC(=O)CCCN. The van der Waals surface area contributed by atoms with Crippen LogP contribution in [0.4, 0.5) is 0 Å². The summed E-state index contributed by atoms with van der Waals surface area (Å²) in [5, 5.41) is 0. The third-order valence-corrected chi connectivity index (χ3v) is 1.61. The van der Waals surface area contributed by atoms with E-state index in [1.165, 1.54) is 0 Å². The van der Waals surface area contributed by atoms with Gasteiger partial charge >= 0.3 is 0 Å². The zero-order chi connectivity index (χ0) is 7.98. The predicted molar refractivity (Wildman–Crippen MR) is 51.4 cm³/mol. The van der Waals surface area contributed by atoms with Crippen molar-refractivity contribution < 1.29 is 4.79 Å². The number of Topliss-reactive ketones (excluding diaryl/α,β-unsaturated/α-hetero) is 1. The first-order valence-electron chi connectivity index (χ1n) is 3.52. The third kappa shape index (κ3) is 6.48. The molecule has 0 aliphatic rings. The first kappa shape index (κ1) is 10.4. The standard InChI is InChI=1S/C7H14INO/c1-6(8)5-7(10)3-2-4-9/h6H,2-5,9H2,1H3/t6-/m1/s1. The zero-order valence-electron chi connectivity index (χ0n) is 6.27. The molecule has 0 spiro atoms. The summed E-state index contributed by atoms with van der Waals surface area (Å²) in [5.41, 5.74) is 5.25. The monoisotopic (exact) mass is 255 g/mol. The van der Waals surface area contributed by atoms with Crippen molar-refractivity contribution in [3.63, 3.8) is 0 Å². The van der Waals surface area contributed by atoms with Crippen LogP contribution in [-0.4, -0.2) is 16.3 Å². The molecule has 1 atom stereocenters. The number of ketones is 1. The van der Waals surface area contributed by atoms with Gasteiger partial charge in [-0.15, -0.1) is 0 Å². The summed E-state index contributed by atoms with van der Waals surface area (Å²) in [6, 6.07) is 0. The lowest BCUT2D eigenvalue weighted by Crippen LogP contribution is -2.07. The number of hydrogen-bond acceptors (Lipinski definition) is 2. The van der Waals surface area contributed by atoms with Gasteiger partial charge in [-0.3, -0.25) is 4.79 Å². The Labute approximate surface area is 75.7 Å². The second kappa shape index (κ2) is 6.09. The van der Waals surface area contributed by atoms with E-state index >= 15 is 0 Å². The molecule has 0 aromatic carbocycles. The van der Waals surface area contributed by atoms with Crippen LogP contribution in [-0.2, 0) is 4.79 Å². The van der Waals surface area contributed by atoms with Gasteiger partial charge in [0.05, 0.1) is 0 Å². The Bertz CT molecular complexity index is 104. The summed E-state index contributed by atoms with van der Waals surface area (Å²) in [4.78, 5) is 11.0. The van der Waals surface area contributed by atoms with Gasteiger partial charge in [-0.2, -0.15) is 0 Å². The molecular formula is C7H14INO. The van der Waals surface area contributed by atoms with Gasteiger partial charge in [-0.05, 0) is 13.0 Å². The molecule has 0 radical (unpaired) electrons. The minimum atomic E-state index is 0.340. The molecule has 10 heavy (non-hydrogen) atoms. The topological polar surface area (TPSA) is 43.1 Å². The Kier molecular flexibility index (Phi) is 6.31. The number of carbonyl (C=O) groups excluding carboxylic acids is 1. The predicted octanol–water partition coefficient (Wildman–Crippen LogP) is 1.51. The minimum Gasteiger partial charge on any atom is -0.330 e. The van der Waals surface area contributed by atoms with Crippen molar-refractivity contribution in [1.29, 1.82) is 0 Å². The average Bonchev–Trinajstić information content (AvgIpc) is 1.82. The number of rotatable bonds is 5. The molecule has 2 N–H and O–H groups in total. The van der Waals surface area contributed by atoms with Crippen LogP contribution >= 0.6 is 22.6 Å². The summed E-state index contributed by atoms with van der Waals surface area (Å²) < 4.78 is 0.461. The molecule has 0 saturated heterocycles. The fourth-order valence-corrected chi connectivity index (χ4v) is 1.21. The molecule has 0 bridgehead atoms. The van der Waals surface area contributed by atoms with Crippen molar-refractivity contribution in [3.8, 4) is 0 Å². The first-order valence-corrected chi connectivity index (χ1v) is 4.77. The number of halogens is 1. The van der Waals surface area contributed by atoms with Gasteiger partial charge in [0.1, 0.15) is 5.78 Å². The van der Waals surface area contributed by atoms with Gasteiger partial charge in [0.25, 0.3) is 0 Å². The van der Waals surface area contributed by atoms with E-state index in [4.69, 9.17) is 5.73 Å². The van der Waals surface area contributed by atoms with Crippen LogP contribution in [0.2, 0.25) is 0 Å². The van der Waals surface area contributed by atoms with E-state index in [1.54, 1.807) is 0 Å². The quantitative estimate of drug-likeness (QED) is 0.597. The van der Waals surface area contributed by atoms with Gasteiger partial charge in [0.15, 0.2) is 0 Å². The molecule has 0 aliphatic heterocycles. The molecule has 0 aromatic heterocycles. The third-order valence-electron chi connectivity index (χ3n) is 1.17. The normalized spacial score (nSPS) is 13.1. The maximum atomic E-state index is 11.0. The molecule has 0 amide bonds. The second-order valence-corrected chi connectivity index (χ2v) is 4.54. The van der Waals surface area contributed by atoms with Gasteiger partial charge in [0.2, 0.25) is 0 Å². The molecule has 0 unspecified atom stereocenters. The number of nitrogens with two attached hydrogens (primary N) is 1. The average molecular weight is 255 g/mol. The highest BCUT2D eigenvalue weighted by molar-refractivity contribution is 14.1. The maximum Gasteiger partial charge on any atom is 0.133 e. The van der Waals surface area contributed by atoms with Crippen molar-refractivity contribution >= 4 is 28.4 Å². The summed E-state index contributed by atoms with van der Waals surface area (Å²) in [7, 11) is 0. The highest BCUT2D eigenvalue weighted by atomic mass is 127. The van der Waals surface area contributed by atoms with Gasteiger partial charge in [0, 0.05) is 16.8 Å². The highest BCUT2D eigenvalue weighted by Gasteiger charge is 2.04.